The topological polar surface area (TPSA) is 84.9 Å². The van der Waals surface area contributed by atoms with Crippen molar-refractivity contribution < 1.29 is 24.2 Å². The molecule has 24 heavy (non-hydrogen) atoms. The standard InChI is InChI=1S/C18H25NO5/c20-17(9-5-4-8-14-6-2-1-3-7-14)19-15-10-11-23-12-16(15)24-13-18(21)22/h1-3,6-7,15-16H,4-5,8-13H2,(H,19,20)(H,21,22)/t15-,16-/m1/s1. The molecule has 6 heteroatoms. The third-order valence-electron chi connectivity index (χ3n) is 4.03. The zero-order chi connectivity index (χ0) is 17.2. The summed E-state index contributed by atoms with van der Waals surface area (Å²) in [5.74, 6) is -1.04. The Labute approximate surface area is 142 Å². The number of hydrogen-bond acceptors (Lipinski definition) is 4. The number of carboxylic acid groups (broad SMARTS) is 1. The third-order valence-corrected chi connectivity index (χ3v) is 4.03. The molecule has 1 amide bonds. The first-order valence-electron chi connectivity index (χ1n) is 8.39. The van der Waals surface area contributed by atoms with Gasteiger partial charge in [0.25, 0.3) is 0 Å². The smallest absolute Gasteiger partial charge is 0.329 e. The third kappa shape index (κ3) is 6.68. The second-order valence-corrected chi connectivity index (χ2v) is 5.97. The number of aliphatic carboxylic acids is 1. The van der Waals surface area contributed by atoms with E-state index in [9.17, 15) is 9.59 Å². The largest absolute Gasteiger partial charge is 0.480 e. The highest BCUT2D eigenvalue weighted by Crippen LogP contribution is 2.12. The van der Waals surface area contributed by atoms with Gasteiger partial charge in [0.2, 0.25) is 5.91 Å². The first-order chi connectivity index (χ1) is 11.6. The van der Waals surface area contributed by atoms with Crippen LogP contribution in [0.25, 0.3) is 0 Å². The Bertz CT molecular complexity index is 519. The van der Waals surface area contributed by atoms with Crippen molar-refractivity contribution in [1.29, 1.82) is 0 Å². The van der Waals surface area contributed by atoms with Crippen molar-refractivity contribution in [2.24, 2.45) is 0 Å². The highest BCUT2D eigenvalue weighted by atomic mass is 16.5. The quantitative estimate of drug-likeness (QED) is 0.672. The summed E-state index contributed by atoms with van der Waals surface area (Å²) in [5, 5.41) is 11.7. The van der Waals surface area contributed by atoms with E-state index in [2.05, 4.69) is 17.4 Å². The van der Waals surface area contributed by atoms with Crippen LogP contribution >= 0.6 is 0 Å². The summed E-state index contributed by atoms with van der Waals surface area (Å²) in [4.78, 5) is 22.7. The lowest BCUT2D eigenvalue weighted by molar-refractivity contribution is -0.149. The van der Waals surface area contributed by atoms with E-state index in [1.807, 2.05) is 18.2 Å². The van der Waals surface area contributed by atoms with Crippen LogP contribution in [0.2, 0.25) is 0 Å². The van der Waals surface area contributed by atoms with Crippen molar-refractivity contribution in [2.45, 2.75) is 44.2 Å². The Kier molecular flexibility index (Phi) is 7.71. The average molecular weight is 335 g/mol. The van der Waals surface area contributed by atoms with Crippen molar-refractivity contribution in [3.8, 4) is 0 Å². The molecule has 2 atom stereocenters. The van der Waals surface area contributed by atoms with E-state index in [-0.39, 0.29) is 18.6 Å². The summed E-state index contributed by atoms with van der Waals surface area (Å²) in [6.07, 6.45) is 3.46. The molecule has 1 heterocycles. The van der Waals surface area contributed by atoms with Crippen LogP contribution in [-0.4, -0.2) is 48.9 Å². The zero-order valence-corrected chi connectivity index (χ0v) is 13.8. The predicted molar refractivity (Wildman–Crippen MR) is 88.7 cm³/mol. The van der Waals surface area contributed by atoms with E-state index in [0.717, 1.165) is 19.3 Å². The van der Waals surface area contributed by atoms with Crippen LogP contribution in [0, 0.1) is 0 Å². The number of nitrogens with one attached hydrogen (secondary N) is 1. The van der Waals surface area contributed by atoms with E-state index in [4.69, 9.17) is 14.6 Å². The van der Waals surface area contributed by atoms with Crippen LogP contribution in [0.4, 0.5) is 0 Å². The second-order valence-electron chi connectivity index (χ2n) is 5.97. The maximum absolute atomic E-state index is 12.1. The molecular weight excluding hydrogens is 310 g/mol. The average Bonchev–Trinajstić information content (AvgIpc) is 2.59. The van der Waals surface area contributed by atoms with Crippen molar-refractivity contribution in [2.75, 3.05) is 19.8 Å². The number of benzene rings is 1. The number of carbonyl (C=O) groups excluding carboxylic acids is 1. The molecule has 0 aromatic heterocycles. The molecule has 2 N–H and O–H groups in total. The first kappa shape index (κ1) is 18.4. The van der Waals surface area contributed by atoms with Gasteiger partial charge in [0, 0.05) is 13.0 Å². The van der Waals surface area contributed by atoms with Crippen molar-refractivity contribution in [1.82, 2.24) is 5.32 Å². The number of unbranched alkanes of at least 4 members (excludes halogenated alkanes) is 1. The van der Waals surface area contributed by atoms with E-state index >= 15 is 0 Å². The molecule has 0 spiro atoms. The number of aryl methyl sites for hydroxylation is 1. The second kappa shape index (κ2) is 10.1. The normalized spacial score (nSPS) is 20.5. The lowest BCUT2D eigenvalue weighted by Gasteiger charge is -2.31. The Morgan fingerprint density at radius 2 is 2.04 bits per heavy atom. The number of amides is 1. The number of carbonyl (C=O) groups is 2. The summed E-state index contributed by atoms with van der Waals surface area (Å²) in [5.41, 5.74) is 1.28. The molecule has 1 aliphatic heterocycles. The van der Waals surface area contributed by atoms with E-state index in [1.54, 1.807) is 0 Å². The molecule has 1 saturated heterocycles. The summed E-state index contributed by atoms with van der Waals surface area (Å²) in [7, 11) is 0. The summed E-state index contributed by atoms with van der Waals surface area (Å²) < 4.78 is 10.6. The molecule has 1 aromatic rings. The van der Waals surface area contributed by atoms with Crippen LogP contribution in [0.3, 0.4) is 0 Å². The summed E-state index contributed by atoms with van der Waals surface area (Å²) in [6.45, 7) is 0.482. The van der Waals surface area contributed by atoms with Crippen LogP contribution in [0.15, 0.2) is 30.3 Å². The van der Waals surface area contributed by atoms with Gasteiger partial charge in [-0.05, 0) is 31.2 Å². The molecule has 2 rings (SSSR count). The highest BCUT2D eigenvalue weighted by molar-refractivity contribution is 5.76. The fourth-order valence-electron chi connectivity index (χ4n) is 2.76. The first-order valence-corrected chi connectivity index (χ1v) is 8.39. The van der Waals surface area contributed by atoms with Crippen LogP contribution in [-0.2, 0) is 25.5 Å². The van der Waals surface area contributed by atoms with Crippen LogP contribution in [0.5, 0.6) is 0 Å². The Balaban J connectivity index is 1.67. The van der Waals surface area contributed by atoms with Crippen molar-refractivity contribution in [3.05, 3.63) is 35.9 Å². The molecule has 6 nitrogen and oxygen atoms in total. The molecule has 1 aliphatic rings. The van der Waals surface area contributed by atoms with Crippen molar-refractivity contribution in [3.63, 3.8) is 0 Å². The van der Waals surface area contributed by atoms with E-state index < -0.39 is 12.1 Å². The molecule has 0 unspecified atom stereocenters. The van der Waals surface area contributed by atoms with Gasteiger partial charge in [0.1, 0.15) is 12.7 Å². The molecule has 1 fully saturated rings. The van der Waals surface area contributed by atoms with E-state index in [1.165, 1.54) is 5.56 Å². The van der Waals surface area contributed by atoms with Gasteiger partial charge < -0.3 is 19.9 Å². The number of ether oxygens (including phenoxy) is 2. The van der Waals surface area contributed by atoms with Gasteiger partial charge in [-0.1, -0.05) is 30.3 Å². The minimum atomic E-state index is -1.02. The molecule has 1 aromatic carbocycles. The fraction of sp³-hybridized carbons (Fsp3) is 0.556. The minimum Gasteiger partial charge on any atom is -0.480 e. The molecule has 132 valence electrons. The predicted octanol–water partition coefficient (Wildman–Crippen LogP) is 1.77. The van der Waals surface area contributed by atoms with Gasteiger partial charge in [0.05, 0.1) is 12.6 Å². The van der Waals surface area contributed by atoms with Gasteiger partial charge in [0.15, 0.2) is 0 Å². The number of rotatable bonds is 9. The van der Waals surface area contributed by atoms with Gasteiger partial charge in [-0.2, -0.15) is 0 Å². The van der Waals surface area contributed by atoms with Gasteiger partial charge in [-0.3, -0.25) is 4.79 Å². The Morgan fingerprint density at radius 3 is 2.79 bits per heavy atom. The van der Waals surface area contributed by atoms with E-state index in [0.29, 0.717) is 26.1 Å². The maximum atomic E-state index is 12.1. The summed E-state index contributed by atoms with van der Waals surface area (Å²) in [6, 6.07) is 10.0. The Morgan fingerprint density at radius 1 is 1.25 bits per heavy atom. The minimum absolute atomic E-state index is 0.0149. The van der Waals surface area contributed by atoms with Crippen LogP contribution in [0.1, 0.15) is 31.2 Å². The molecule has 0 bridgehead atoms. The Hall–Kier alpha value is -1.92. The fourth-order valence-corrected chi connectivity index (χ4v) is 2.76. The van der Waals surface area contributed by atoms with Crippen LogP contribution < -0.4 is 5.32 Å². The number of carboxylic acids is 1. The van der Waals surface area contributed by atoms with Gasteiger partial charge in [-0.25, -0.2) is 4.79 Å². The lowest BCUT2D eigenvalue weighted by atomic mass is 10.0. The molecular formula is C18H25NO5. The molecule has 0 radical (unpaired) electrons. The SMILES string of the molecule is O=C(O)CO[C@@H]1COCC[C@H]1NC(=O)CCCCc1ccccc1. The van der Waals surface area contributed by atoms with Crippen molar-refractivity contribution >= 4 is 11.9 Å². The highest BCUT2D eigenvalue weighted by Gasteiger charge is 2.28. The molecule has 0 saturated carbocycles. The monoisotopic (exact) mass is 335 g/mol. The maximum Gasteiger partial charge on any atom is 0.329 e. The van der Waals surface area contributed by atoms with Gasteiger partial charge >= 0.3 is 5.97 Å². The summed E-state index contributed by atoms with van der Waals surface area (Å²) >= 11 is 0. The van der Waals surface area contributed by atoms with Gasteiger partial charge in [-0.15, -0.1) is 0 Å². The number of hydrogen-bond donors (Lipinski definition) is 2. The zero-order valence-electron chi connectivity index (χ0n) is 13.8. The lowest BCUT2D eigenvalue weighted by Crippen LogP contribution is -2.50. The molecule has 0 aliphatic carbocycles.